The Balaban J connectivity index is 0.00000324. The lowest BCUT2D eigenvalue weighted by Crippen LogP contribution is -2.36. The molecule has 5 heteroatoms. The standard InChI is InChI=1S/C14H23ClN2O.ClH/c1-14(2,9-16)10-17(3)8-11-7-12(18-4)5-6-13(11)15;/h5-7H,8-10,16H2,1-4H3;1H. The summed E-state index contributed by atoms with van der Waals surface area (Å²) in [6.07, 6.45) is 0. The summed E-state index contributed by atoms with van der Waals surface area (Å²) < 4.78 is 5.22. The van der Waals surface area contributed by atoms with E-state index in [0.29, 0.717) is 6.54 Å². The highest BCUT2D eigenvalue weighted by molar-refractivity contribution is 6.31. The maximum atomic E-state index is 6.20. The van der Waals surface area contributed by atoms with Crippen molar-refractivity contribution in [3.8, 4) is 5.75 Å². The van der Waals surface area contributed by atoms with Crippen molar-refractivity contribution in [3.05, 3.63) is 28.8 Å². The third-order valence-corrected chi connectivity index (χ3v) is 3.31. The number of methoxy groups -OCH3 is 1. The molecular formula is C14H24Cl2N2O. The van der Waals surface area contributed by atoms with E-state index in [1.54, 1.807) is 7.11 Å². The lowest BCUT2D eigenvalue weighted by Gasteiger charge is -2.29. The van der Waals surface area contributed by atoms with Crippen LogP contribution >= 0.6 is 24.0 Å². The van der Waals surface area contributed by atoms with Crippen molar-refractivity contribution in [2.75, 3.05) is 27.2 Å². The van der Waals surface area contributed by atoms with E-state index in [4.69, 9.17) is 22.1 Å². The predicted molar refractivity (Wildman–Crippen MR) is 84.4 cm³/mol. The Hall–Kier alpha value is -0.480. The van der Waals surface area contributed by atoms with E-state index >= 15 is 0 Å². The monoisotopic (exact) mass is 306 g/mol. The quantitative estimate of drug-likeness (QED) is 0.877. The van der Waals surface area contributed by atoms with Gasteiger partial charge in [-0.05, 0) is 42.8 Å². The predicted octanol–water partition coefficient (Wildman–Crippen LogP) is 3.19. The highest BCUT2D eigenvalue weighted by atomic mass is 35.5. The molecule has 0 aromatic heterocycles. The fraction of sp³-hybridized carbons (Fsp3) is 0.571. The summed E-state index contributed by atoms with van der Waals surface area (Å²) in [5.74, 6) is 0.834. The van der Waals surface area contributed by atoms with Crippen molar-refractivity contribution in [1.82, 2.24) is 4.90 Å². The van der Waals surface area contributed by atoms with Crippen LogP contribution in [0.3, 0.4) is 0 Å². The largest absolute Gasteiger partial charge is 0.497 e. The first-order valence-corrected chi connectivity index (χ1v) is 6.47. The Morgan fingerprint density at radius 2 is 2.00 bits per heavy atom. The van der Waals surface area contributed by atoms with E-state index in [9.17, 15) is 0 Å². The molecule has 0 fully saturated rings. The summed E-state index contributed by atoms with van der Waals surface area (Å²) in [5.41, 5.74) is 6.94. The molecule has 0 amide bonds. The highest BCUT2D eigenvalue weighted by Gasteiger charge is 2.18. The summed E-state index contributed by atoms with van der Waals surface area (Å²) >= 11 is 6.20. The number of hydrogen-bond donors (Lipinski definition) is 1. The van der Waals surface area contributed by atoms with Crippen molar-refractivity contribution >= 4 is 24.0 Å². The molecule has 0 saturated heterocycles. The zero-order chi connectivity index (χ0) is 13.8. The van der Waals surface area contributed by atoms with Crippen LogP contribution in [-0.4, -0.2) is 32.1 Å². The first kappa shape index (κ1) is 18.5. The molecule has 19 heavy (non-hydrogen) atoms. The normalized spacial score (nSPS) is 11.3. The topological polar surface area (TPSA) is 38.5 Å². The molecule has 0 unspecified atom stereocenters. The zero-order valence-electron chi connectivity index (χ0n) is 12.1. The number of halogens is 2. The van der Waals surface area contributed by atoms with Gasteiger partial charge in [-0.1, -0.05) is 25.4 Å². The van der Waals surface area contributed by atoms with Gasteiger partial charge in [0.25, 0.3) is 0 Å². The Morgan fingerprint density at radius 3 is 2.53 bits per heavy atom. The zero-order valence-corrected chi connectivity index (χ0v) is 13.6. The van der Waals surface area contributed by atoms with E-state index in [0.717, 1.165) is 29.4 Å². The molecule has 0 saturated carbocycles. The summed E-state index contributed by atoms with van der Waals surface area (Å²) in [6, 6.07) is 5.72. The molecule has 0 bridgehead atoms. The number of rotatable bonds is 6. The fourth-order valence-corrected chi connectivity index (χ4v) is 2.12. The van der Waals surface area contributed by atoms with Gasteiger partial charge in [-0.3, -0.25) is 0 Å². The molecule has 110 valence electrons. The van der Waals surface area contributed by atoms with Crippen molar-refractivity contribution in [1.29, 1.82) is 0 Å². The Morgan fingerprint density at radius 1 is 1.37 bits per heavy atom. The molecule has 0 spiro atoms. The lowest BCUT2D eigenvalue weighted by molar-refractivity contribution is 0.210. The Labute approximate surface area is 127 Å². The van der Waals surface area contributed by atoms with Gasteiger partial charge in [-0.15, -0.1) is 12.4 Å². The van der Waals surface area contributed by atoms with E-state index in [2.05, 4.69) is 25.8 Å². The number of ether oxygens (including phenoxy) is 1. The molecule has 0 aliphatic rings. The van der Waals surface area contributed by atoms with Gasteiger partial charge in [0.15, 0.2) is 0 Å². The van der Waals surface area contributed by atoms with Crippen LogP contribution in [0.5, 0.6) is 5.75 Å². The van der Waals surface area contributed by atoms with Crippen molar-refractivity contribution < 1.29 is 4.74 Å². The average molecular weight is 307 g/mol. The lowest BCUT2D eigenvalue weighted by atomic mass is 9.93. The van der Waals surface area contributed by atoms with E-state index in [1.165, 1.54) is 0 Å². The van der Waals surface area contributed by atoms with Crippen LogP contribution < -0.4 is 10.5 Å². The molecule has 0 radical (unpaired) electrons. The van der Waals surface area contributed by atoms with E-state index in [-0.39, 0.29) is 17.8 Å². The van der Waals surface area contributed by atoms with Crippen LogP contribution in [0.4, 0.5) is 0 Å². The second kappa shape index (κ2) is 7.95. The number of nitrogens with two attached hydrogens (primary N) is 1. The summed E-state index contributed by atoms with van der Waals surface area (Å²) in [5, 5.41) is 0.771. The van der Waals surface area contributed by atoms with Crippen molar-refractivity contribution in [3.63, 3.8) is 0 Å². The van der Waals surface area contributed by atoms with Crippen LogP contribution in [0.25, 0.3) is 0 Å². The second-order valence-electron chi connectivity index (χ2n) is 5.50. The fourth-order valence-electron chi connectivity index (χ4n) is 1.94. The van der Waals surface area contributed by atoms with Gasteiger partial charge in [0.1, 0.15) is 5.75 Å². The minimum Gasteiger partial charge on any atom is -0.497 e. The third kappa shape index (κ3) is 6.00. The van der Waals surface area contributed by atoms with Crippen LogP contribution in [0.2, 0.25) is 5.02 Å². The highest BCUT2D eigenvalue weighted by Crippen LogP contribution is 2.24. The van der Waals surface area contributed by atoms with Gasteiger partial charge in [-0.2, -0.15) is 0 Å². The number of nitrogens with zero attached hydrogens (tertiary/aromatic N) is 1. The van der Waals surface area contributed by atoms with Gasteiger partial charge < -0.3 is 15.4 Å². The summed E-state index contributed by atoms with van der Waals surface area (Å²) in [4.78, 5) is 2.23. The molecule has 3 nitrogen and oxygen atoms in total. The average Bonchev–Trinajstić information content (AvgIpc) is 2.31. The van der Waals surface area contributed by atoms with E-state index in [1.807, 2.05) is 18.2 Å². The molecule has 0 heterocycles. The minimum atomic E-state index is 0. The summed E-state index contributed by atoms with van der Waals surface area (Å²) in [6.45, 7) is 6.72. The van der Waals surface area contributed by atoms with Gasteiger partial charge in [0.05, 0.1) is 7.11 Å². The first-order valence-electron chi connectivity index (χ1n) is 6.09. The smallest absolute Gasteiger partial charge is 0.119 e. The molecular weight excluding hydrogens is 283 g/mol. The molecule has 1 aromatic carbocycles. The van der Waals surface area contributed by atoms with Crippen LogP contribution in [0, 0.1) is 5.41 Å². The number of benzene rings is 1. The SMILES string of the molecule is COc1ccc(Cl)c(CN(C)CC(C)(C)CN)c1.Cl. The van der Waals surface area contributed by atoms with Crippen LogP contribution in [0.1, 0.15) is 19.4 Å². The second-order valence-corrected chi connectivity index (χ2v) is 5.91. The van der Waals surface area contributed by atoms with Crippen molar-refractivity contribution in [2.24, 2.45) is 11.1 Å². The third-order valence-electron chi connectivity index (χ3n) is 2.94. The maximum Gasteiger partial charge on any atom is 0.119 e. The summed E-state index contributed by atoms with van der Waals surface area (Å²) in [7, 11) is 3.74. The maximum absolute atomic E-state index is 6.20. The molecule has 0 aliphatic carbocycles. The molecule has 2 N–H and O–H groups in total. The van der Waals surface area contributed by atoms with Gasteiger partial charge in [0, 0.05) is 18.1 Å². The van der Waals surface area contributed by atoms with Gasteiger partial charge in [-0.25, -0.2) is 0 Å². The first-order chi connectivity index (χ1) is 8.38. The van der Waals surface area contributed by atoms with Gasteiger partial charge in [0.2, 0.25) is 0 Å². The van der Waals surface area contributed by atoms with E-state index < -0.39 is 0 Å². The van der Waals surface area contributed by atoms with Crippen LogP contribution in [0.15, 0.2) is 18.2 Å². The number of hydrogen-bond acceptors (Lipinski definition) is 3. The molecule has 0 aliphatic heterocycles. The molecule has 0 atom stereocenters. The van der Waals surface area contributed by atoms with Crippen LogP contribution in [-0.2, 0) is 6.54 Å². The van der Waals surface area contributed by atoms with Crippen molar-refractivity contribution in [2.45, 2.75) is 20.4 Å². The van der Waals surface area contributed by atoms with Gasteiger partial charge >= 0.3 is 0 Å². The Bertz CT molecular complexity index is 397. The Kier molecular flexibility index (Phi) is 7.75. The minimum absolute atomic E-state index is 0. The molecule has 1 aromatic rings. The molecule has 1 rings (SSSR count).